The Labute approximate surface area is 268 Å². The number of nitrogens with one attached hydrogen (secondary N) is 3. The van der Waals surface area contributed by atoms with Crippen molar-refractivity contribution in [1.29, 1.82) is 0 Å². The lowest BCUT2D eigenvalue weighted by Gasteiger charge is -2.26. The molecule has 1 aliphatic rings. The Balaban J connectivity index is 2.12. The van der Waals surface area contributed by atoms with E-state index in [2.05, 4.69) is 20.9 Å². The molecule has 0 radical (unpaired) electrons. The van der Waals surface area contributed by atoms with Gasteiger partial charge in [-0.15, -0.1) is 0 Å². The monoisotopic (exact) mass is 677 g/mol. The molecule has 1 fully saturated rings. The van der Waals surface area contributed by atoms with Crippen LogP contribution < -0.4 is 21.6 Å². The minimum atomic E-state index is -4.09. The fourth-order valence-electron chi connectivity index (χ4n) is 3.61. The first-order valence-corrected chi connectivity index (χ1v) is 14.3. The molecule has 0 aliphatic carbocycles. The Bertz CT molecular complexity index is 1380. The van der Waals surface area contributed by atoms with Gasteiger partial charge in [-0.1, -0.05) is 0 Å². The average molecular weight is 678 g/mol. The molecule has 2 rings (SSSR count). The van der Waals surface area contributed by atoms with Gasteiger partial charge in [-0.2, -0.15) is 13.8 Å². The van der Waals surface area contributed by atoms with Crippen LogP contribution in [0.15, 0.2) is 17.1 Å². The summed E-state index contributed by atoms with van der Waals surface area (Å²) in [4.78, 5) is 76.5. The molecule has 264 valence electrons. The molecule has 1 aromatic rings. The molecular formula is C28H41F2N5O12. The molecule has 2 heterocycles. The van der Waals surface area contributed by atoms with Gasteiger partial charge < -0.3 is 44.4 Å². The van der Waals surface area contributed by atoms with Crippen LogP contribution >= 0.6 is 0 Å². The molecular weight excluding hydrogens is 636 g/mol. The highest BCUT2D eigenvalue weighted by Crippen LogP contribution is 2.44. The first-order chi connectivity index (χ1) is 21.4. The lowest BCUT2D eigenvalue weighted by molar-refractivity contribution is -0.149. The SMILES string of the molecule is CC(C)(C)OC(=O)NCC(=O)NCC(=O)Nc1ccn([C@@H]2O[C@H](COC(=O)OC(C)(C)C)[C@@H](OC(=O)OC(C)(C)C)C2(F)F)c(=O)n1. The average Bonchev–Trinajstić information content (AvgIpc) is 3.11. The fourth-order valence-corrected chi connectivity index (χ4v) is 3.61. The predicted octanol–water partition coefficient (Wildman–Crippen LogP) is 2.63. The Morgan fingerprint density at radius 3 is 1.98 bits per heavy atom. The molecule has 1 aromatic heterocycles. The van der Waals surface area contributed by atoms with Crippen LogP contribution in [0.25, 0.3) is 0 Å². The number of rotatable bonds is 9. The van der Waals surface area contributed by atoms with Crippen LogP contribution in [0.2, 0.25) is 0 Å². The lowest BCUT2D eigenvalue weighted by Crippen LogP contribution is -2.45. The molecule has 3 N–H and O–H groups in total. The smallest absolute Gasteiger partial charge is 0.444 e. The van der Waals surface area contributed by atoms with Crippen LogP contribution in [0.4, 0.5) is 29.0 Å². The van der Waals surface area contributed by atoms with E-state index < -0.39 is 96.8 Å². The van der Waals surface area contributed by atoms with Crippen molar-refractivity contribution in [2.24, 2.45) is 0 Å². The van der Waals surface area contributed by atoms with Gasteiger partial charge in [0.1, 0.15) is 41.9 Å². The number of hydrogen-bond acceptors (Lipinski definition) is 13. The third kappa shape index (κ3) is 13.0. The van der Waals surface area contributed by atoms with Crippen molar-refractivity contribution in [2.75, 3.05) is 25.0 Å². The Kier molecular flexibility index (Phi) is 12.3. The standard InChI is InChI=1S/C28H41F2N5O12/c1-25(2,3)45-22(39)32-12-17(36)31-13-18(37)33-16-10-11-35(21(38)34-16)20-28(29,30)19(44-24(41)47-27(7,8)9)15(43-20)14-42-23(40)46-26(4,5)6/h10-11,15,19-20H,12-14H2,1-9H3,(H,31,36)(H,32,39)(H,33,34,37,38)/t15-,19-,20-/m1/s1. The number of nitrogens with zero attached hydrogens (tertiary/aromatic N) is 2. The first-order valence-electron chi connectivity index (χ1n) is 14.3. The second-order valence-corrected chi connectivity index (χ2v) is 13.2. The first kappa shape index (κ1) is 38.6. The predicted molar refractivity (Wildman–Crippen MR) is 157 cm³/mol. The second kappa shape index (κ2) is 14.9. The third-order valence-electron chi connectivity index (χ3n) is 5.31. The van der Waals surface area contributed by atoms with E-state index in [1.807, 2.05) is 0 Å². The number of aromatic nitrogens is 2. The maximum atomic E-state index is 15.7. The molecule has 0 unspecified atom stereocenters. The molecule has 47 heavy (non-hydrogen) atoms. The normalized spacial score (nSPS) is 19.2. The van der Waals surface area contributed by atoms with Gasteiger partial charge >= 0.3 is 30.0 Å². The Hall–Kier alpha value is -4.55. The summed E-state index contributed by atoms with van der Waals surface area (Å²) in [6, 6.07) is 0.999. The van der Waals surface area contributed by atoms with E-state index >= 15 is 8.78 Å². The van der Waals surface area contributed by atoms with Crippen molar-refractivity contribution in [3.63, 3.8) is 0 Å². The summed E-state index contributed by atoms with van der Waals surface area (Å²) in [6.45, 7) is 12.0. The van der Waals surface area contributed by atoms with Crippen LogP contribution in [-0.4, -0.2) is 94.4 Å². The molecule has 0 aromatic carbocycles. The highest BCUT2D eigenvalue weighted by atomic mass is 19.3. The van der Waals surface area contributed by atoms with Crippen LogP contribution in [0.5, 0.6) is 0 Å². The third-order valence-corrected chi connectivity index (χ3v) is 5.31. The number of alkyl halides is 2. The van der Waals surface area contributed by atoms with Gasteiger partial charge in [0, 0.05) is 6.20 Å². The largest absolute Gasteiger partial charge is 0.509 e. The summed E-state index contributed by atoms with van der Waals surface area (Å²) in [5.74, 6) is -6.02. The minimum absolute atomic E-state index is 0.356. The number of anilines is 1. The van der Waals surface area contributed by atoms with Gasteiger partial charge in [-0.25, -0.2) is 19.2 Å². The van der Waals surface area contributed by atoms with E-state index in [0.717, 1.165) is 12.3 Å². The molecule has 3 atom stereocenters. The topological polar surface area (TPSA) is 212 Å². The molecule has 17 nitrogen and oxygen atoms in total. The van der Waals surface area contributed by atoms with Crippen molar-refractivity contribution >= 4 is 36.0 Å². The van der Waals surface area contributed by atoms with Crippen LogP contribution in [0.3, 0.4) is 0 Å². The Morgan fingerprint density at radius 1 is 0.872 bits per heavy atom. The van der Waals surface area contributed by atoms with Crippen molar-refractivity contribution in [2.45, 2.75) is 103 Å². The summed E-state index contributed by atoms with van der Waals surface area (Å²) < 4.78 is 61.9. The van der Waals surface area contributed by atoms with E-state index in [-0.39, 0.29) is 5.82 Å². The molecule has 19 heteroatoms. The zero-order chi connectivity index (χ0) is 36.0. The molecule has 0 saturated carbocycles. The lowest BCUT2D eigenvalue weighted by atomic mass is 10.1. The number of amides is 3. The van der Waals surface area contributed by atoms with Gasteiger partial charge in [0.05, 0.1) is 6.54 Å². The van der Waals surface area contributed by atoms with Gasteiger partial charge in [0.15, 0.2) is 0 Å². The molecule has 1 saturated heterocycles. The van der Waals surface area contributed by atoms with E-state index in [0.29, 0.717) is 4.57 Å². The molecule has 0 bridgehead atoms. The van der Waals surface area contributed by atoms with Gasteiger partial charge in [0.2, 0.25) is 24.1 Å². The number of hydrogen-bond donors (Lipinski definition) is 3. The molecule has 0 spiro atoms. The number of ether oxygens (including phenoxy) is 6. The van der Waals surface area contributed by atoms with E-state index in [1.54, 1.807) is 41.5 Å². The van der Waals surface area contributed by atoms with Crippen molar-refractivity contribution in [3.8, 4) is 0 Å². The number of alkyl carbamates (subject to hydrolysis) is 1. The van der Waals surface area contributed by atoms with Gasteiger partial charge in [0.25, 0.3) is 0 Å². The maximum Gasteiger partial charge on any atom is 0.509 e. The fraction of sp³-hybridized carbons (Fsp3) is 0.679. The Morgan fingerprint density at radius 2 is 1.43 bits per heavy atom. The van der Waals surface area contributed by atoms with E-state index in [9.17, 15) is 28.8 Å². The van der Waals surface area contributed by atoms with Crippen molar-refractivity contribution in [1.82, 2.24) is 20.2 Å². The quantitative estimate of drug-likeness (QED) is 0.254. The minimum Gasteiger partial charge on any atom is -0.444 e. The highest BCUT2D eigenvalue weighted by molar-refractivity contribution is 5.94. The highest BCUT2D eigenvalue weighted by Gasteiger charge is 2.63. The van der Waals surface area contributed by atoms with Crippen LogP contribution in [0, 0.1) is 0 Å². The summed E-state index contributed by atoms with van der Waals surface area (Å²) in [6.07, 6.45) is -9.25. The van der Waals surface area contributed by atoms with Crippen LogP contribution in [0.1, 0.15) is 68.5 Å². The van der Waals surface area contributed by atoms with Crippen LogP contribution in [-0.2, 0) is 38.0 Å². The zero-order valence-corrected chi connectivity index (χ0v) is 27.6. The van der Waals surface area contributed by atoms with Crippen molar-refractivity contribution in [3.05, 3.63) is 22.7 Å². The number of halogens is 2. The second-order valence-electron chi connectivity index (χ2n) is 13.2. The number of carbonyl (C=O) groups is 5. The van der Waals surface area contributed by atoms with Gasteiger partial charge in [-0.3, -0.25) is 14.2 Å². The van der Waals surface area contributed by atoms with E-state index in [4.69, 9.17) is 28.4 Å². The maximum absolute atomic E-state index is 15.7. The molecule has 1 aliphatic heterocycles. The summed E-state index contributed by atoms with van der Waals surface area (Å²) in [5, 5.41) is 6.65. The summed E-state index contributed by atoms with van der Waals surface area (Å²) in [7, 11) is 0. The van der Waals surface area contributed by atoms with Gasteiger partial charge in [-0.05, 0) is 68.4 Å². The molecule has 3 amide bonds. The van der Waals surface area contributed by atoms with E-state index in [1.165, 1.54) is 20.8 Å². The summed E-state index contributed by atoms with van der Waals surface area (Å²) >= 11 is 0. The summed E-state index contributed by atoms with van der Waals surface area (Å²) in [5.41, 5.74) is -4.15. The zero-order valence-electron chi connectivity index (χ0n) is 27.6. The van der Waals surface area contributed by atoms with Crippen molar-refractivity contribution < 1.29 is 61.2 Å². The number of carbonyl (C=O) groups excluding carboxylic acids is 5.